The van der Waals surface area contributed by atoms with Gasteiger partial charge in [-0.1, -0.05) is 54.6 Å². The van der Waals surface area contributed by atoms with E-state index in [-0.39, 0.29) is 11.3 Å². The van der Waals surface area contributed by atoms with E-state index in [4.69, 9.17) is 12.2 Å². The summed E-state index contributed by atoms with van der Waals surface area (Å²) in [5.74, 6) is -0.536. The summed E-state index contributed by atoms with van der Waals surface area (Å²) in [6.45, 7) is 0.646. The number of benzene rings is 3. The van der Waals surface area contributed by atoms with Crippen LogP contribution in [-0.2, 0) is 6.42 Å². The van der Waals surface area contributed by atoms with E-state index in [1.54, 1.807) is 12.1 Å². The van der Waals surface area contributed by atoms with E-state index in [1.807, 2.05) is 54.6 Å². The van der Waals surface area contributed by atoms with Crippen LogP contribution in [0.3, 0.4) is 0 Å². The zero-order chi connectivity index (χ0) is 18.4. The number of carbonyl (C=O) groups is 1. The standard InChI is InChI=1S/C20H19N3O2S/c24-18-13-16-9-5-4-8-15(16)12-17(18)19(25)22-23-20(26)21-11-10-14-6-2-1-3-7-14/h1-9,12-13,24H,10-11H2,(H,22,25)(H2,21,23,26). The number of fused-ring (bicyclic) bond motifs is 1. The maximum Gasteiger partial charge on any atom is 0.273 e. The van der Waals surface area contributed by atoms with E-state index in [9.17, 15) is 9.90 Å². The van der Waals surface area contributed by atoms with Crippen LogP contribution in [0.5, 0.6) is 5.75 Å². The number of phenolic OH excluding ortho intramolecular Hbond substituents is 1. The van der Waals surface area contributed by atoms with Crippen molar-refractivity contribution in [3.63, 3.8) is 0 Å². The average molecular weight is 365 g/mol. The zero-order valence-electron chi connectivity index (χ0n) is 14.0. The topological polar surface area (TPSA) is 73.4 Å². The van der Waals surface area contributed by atoms with Crippen LogP contribution in [0.2, 0.25) is 0 Å². The Morgan fingerprint density at radius 3 is 2.31 bits per heavy atom. The van der Waals surface area contributed by atoms with Crippen molar-refractivity contribution in [2.24, 2.45) is 0 Å². The van der Waals surface area contributed by atoms with Gasteiger partial charge in [-0.25, -0.2) is 0 Å². The second kappa shape index (κ2) is 8.31. The normalized spacial score (nSPS) is 10.3. The van der Waals surface area contributed by atoms with Crippen LogP contribution >= 0.6 is 12.2 Å². The van der Waals surface area contributed by atoms with E-state index >= 15 is 0 Å². The van der Waals surface area contributed by atoms with Crippen LogP contribution in [-0.4, -0.2) is 22.7 Å². The molecule has 0 fully saturated rings. The highest BCUT2D eigenvalue weighted by atomic mass is 32.1. The van der Waals surface area contributed by atoms with E-state index in [2.05, 4.69) is 16.2 Å². The van der Waals surface area contributed by atoms with Crippen LogP contribution < -0.4 is 16.2 Å². The van der Waals surface area contributed by atoms with Gasteiger partial charge in [0.1, 0.15) is 5.75 Å². The number of nitrogens with one attached hydrogen (secondary N) is 3. The number of aromatic hydroxyl groups is 1. The first-order valence-corrected chi connectivity index (χ1v) is 8.64. The lowest BCUT2D eigenvalue weighted by Crippen LogP contribution is -2.47. The highest BCUT2D eigenvalue weighted by Crippen LogP contribution is 2.24. The van der Waals surface area contributed by atoms with Crippen LogP contribution in [0.1, 0.15) is 15.9 Å². The monoisotopic (exact) mass is 365 g/mol. The molecule has 0 atom stereocenters. The molecule has 3 aromatic carbocycles. The minimum Gasteiger partial charge on any atom is -0.507 e. The molecule has 0 aromatic heterocycles. The molecular weight excluding hydrogens is 346 g/mol. The quantitative estimate of drug-likeness (QED) is 0.423. The van der Waals surface area contributed by atoms with Gasteiger partial charge in [0.15, 0.2) is 5.11 Å². The number of phenols is 1. The molecule has 0 heterocycles. The molecule has 0 aliphatic rings. The molecule has 0 aliphatic carbocycles. The summed E-state index contributed by atoms with van der Waals surface area (Å²) in [4.78, 5) is 12.3. The van der Waals surface area contributed by atoms with Gasteiger partial charge in [-0.05, 0) is 47.1 Å². The molecule has 6 heteroatoms. The molecule has 0 saturated carbocycles. The van der Waals surface area contributed by atoms with Gasteiger partial charge in [0.05, 0.1) is 5.56 Å². The van der Waals surface area contributed by atoms with Gasteiger partial charge in [-0.2, -0.15) is 0 Å². The summed E-state index contributed by atoms with van der Waals surface area (Å²) in [7, 11) is 0. The summed E-state index contributed by atoms with van der Waals surface area (Å²) in [5, 5.41) is 15.2. The fourth-order valence-electron chi connectivity index (χ4n) is 2.60. The lowest BCUT2D eigenvalue weighted by Gasteiger charge is -2.12. The van der Waals surface area contributed by atoms with Gasteiger partial charge in [-0.3, -0.25) is 15.6 Å². The molecule has 0 saturated heterocycles. The van der Waals surface area contributed by atoms with E-state index < -0.39 is 5.91 Å². The molecule has 3 rings (SSSR count). The number of thiocarbonyl (C=S) groups is 1. The predicted molar refractivity (Wildman–Crippen MR) is 107 cm³/mol. The number of carbonyl (C=O) groups excluding carboxylic acids is 1. The summed E-state index contributed by atoms with van der Waals surface area (Å²) < 4.78 is 0. The Morgan fingerprint density at radius 2 is 1.58 bits per heavy atom. The Morgan fingerprint density at radius 1 is 0.923 bits per heavy atom. The van der Waals surface area contributed by atoms with Crippen LogP contribution in [0, 0.1) is 0 Å². The van der Waals surface area contributed by atoms with Gasteiger partial charge in [0.25, 0.3) is 5.91 Å². The van der Waals surface area contributed by atoms with Gasteiger partial charge in [0.2, 0.25) is 0 Å². The first-order chi connectivity index (χ1) is 12.6. The van der Waals surface area contributed by atoms with E-state index in [0.29, 0.717) is 11.7 Å². The Balaban J connectivity index is 1.52. The van der Waals surface area contributed by atoms with Crippen LogP contribution in [0.15, 0.2) is 66.7 Å². The Bertz CT molecular complexity index is 929. The van der Waals surface area contributed by atoms with Gasteiger partial charge >= 0.3 is 0 Å². The van der Waals surface area contributed by atoms with Crippen molar-refractivity contribution < 1.29 is 9.90 Å². The average Bonchev–Trinajstić information content (AvgIpc) is 2.66. The van der Waals surface area contributed by atoms with Crippen molar-refractivity contribution in [2.75, 3.05) is 6.54 Å². The van der Waals surface area contributed by atoms with Gasteiger partial charge < -0.3 is 10.4 Å². The molecule has 0 unspecified atom stereocenters. The molecule has 0 bridgehead atoms. The largest absolute Gasteiger partial charge is 0.507 e. The lowest BCUT2D eigenvalue weighted by molar-refractivity contribution is 0.0941. The zero-order valence-corrected chi connectivity index (χ0v) is 14.8. The fraction of sp³-hybridized carbons (Fsp3) is 0.100. The summed E-state index contributed by atoms with van der Waals surface area (Å²) in [6, 6.07) is 20.8. The minimum absolute atomic E-state index is 0.0778. The molecule has 26 heavy (non-hydrogen) atoms. The number of rotatable bonds is 4. The molecular formula is C20H19N3O2S. The molecule has 1 amide bonds. The van der Waals surface area contributed by atoms with Crippen molar-refractivity contribution >= 4 is 34.0 Å². The number of hydrazine groups is 1. The second-order valence-corrected chi connectivity index (χ2v) is 6.20. The Labute approximate surface area is 157 Å². The highest BCUT2D eigenvalue weighted by molar-refractivity contribution is 7.80. The molecule has 0 radical (unpaired) electrons. The number of hydrogen-bond acceptors (Lipinski definition) is 3. The number of amides is 1. The van der Waals surface area contributed by atoms with Crippen molar-refractivity contribution in [1.82, 2.24) is 16.2 Å². The van der Waals surface area contributed by atoms with Crippen molar-refractivity contribution in [3.8, 4) is 5.75 Å². The van der Waals surface area contributed by atoms with Crippen molar-refractivity contribution in [3.05, 3.63) is 77.9 Å². The minimum atomic E-state index is -0.458. The molecule has 0 spiro atoms. The Kier molecular flexibility index (Phi) is 5.66. The third-order valence-corrected chi connectivity index (χ3v) is 4.19. The predicted octanol–water partition coefficient (Wildman–Crippen LogP) is 2.90. The molecule has 0 aliphatic heterocycles. The fourth-order valence-corrected chi connectivity index (χ4v) is 2.75. The van der Waals surface area contributed by atoms with E-state index in [1.165, 1.54) is 5.56 Å². The summed E-state index contributed by atoms with van der Waals surface area (Å²) in [5.41, 5.74) is 6.54. The second-order valence-electron chi connectivity index (χ2n) is 5.79. The third kappa shape index (κ3) is 4.49. The lowest BCUT2D eigenvalue weighted by atomic mass is 10.1. The SMILES string of the molecule is O=C(NNC(=S)NCCc1ccccc1)c1cc2ccccc2cc1O. The van der Waals surface area contributed by atoms with Crippen LogP contribution in [0.25, 0.3) is 10.8 Å². The number of hydrogen-bond donors (Lipinski definition) is 4. The molecule has 3 aromatic rings. The van der Waals surface area contributed by atoms with Crippen molar-refractivity contribution in [2.45, 2.75) is 6.42 Å². The summed E-state index contributed by atoms with van der Waals surface area (Å²) >= 11 is 5.15. The maximum absolute atomic E-state index is 12.3. The molecule has 132 valence electrons. The molecule has 5 nitrogen and oxygen atoms in total. The van der Waals surface area contributed by atoms with E-state index in [0.717, 1.165) is 17.2 Å². The van der Waals surface area contributed by atoms with Gasteiger partial charge in [-0.15, -0.1) is 0 Å². The first-order valence-electron chi connectivity index (χ1n) is 8.23. The van der Waals surface area contributed by atoms with Crippen molar-refractivity contribution in [1.29, 1.82) is 0 Å². The Hall–Kier alpha value is -3.12. The first kappa shape index (κ1) is 17.7. The smallest absolute Gasteiger partial charge is 0.273 e. The summed E-state index contributed by atoms with van der Waals surface area (Å²) in [6.07, 6.45) is 0.821. The van der Waals surface area contributed by atoms with Gasteiger partial charge in [0, 0.05) is 6.54 Å². The molecule has 4 N–H and O–H groups in total. The highest BCUT2D eigenvalue weighted by Gasteiger charge is 2.12. The van der Waals surface area contributed by atoms with Crippen LogP contribution in [0.4, 0.5) is 0 Å². The third-order valence-electron chi connectivity index (χ3n) is 3.94. The maximum atomic E-state index is 12.3.